The normalized spacial score (nSPS) is 11.2. The Balaban J connectivity index is 2.92. The summed E-state index contributed by atoms with van der Waals surface area (Å²) in [6.07, 6.45) is 2.16. The third kappa shape index (κ3) is 2.33. The van der Waals surface area contributed by atoms with Crippen LogP contribution in [0, 0.1) is 0 Å². The standard InChI is InChI=1S/C10H11NO2/c1-2-3-10(11-13)8-4-6-9(12)7-5-8/h2,4-7,12-13H,1,3H2/b11-10+. The van der Waals surface area contributed by atoms with Gasteiger partial charge in [-0.1, -0.05) is 11.2 Å². The van der Waals surface area contributed by atoms with Gasteiger partial charge in [-0.05, 0) is 29.8 Å². The molecule has 1 rings (SSSR count). The van der Waals surface area contributed by atoms with Crippen LogP contribution < -0.4 is 0 Å². The van der Waals surface area contributed by atoms with Crippen LogP contribution in [0.5, 0.6) is 5.75 Å². The summed E-state index contributed by atoms with van der Waals surface area (Å²) in [6, 6.07) is 6.47. The van der Waals surface area contributed by atoms with E-state index in [0.29, 0.717) is 12.1 Å². The predicted octanol–water partition coefficient (Wildman–Crippen LogP) is 2.15. The molecular formula is C10H11NO2. The van der Waals surface area contributed by atoms with E-state index in [9.17, 15) is 0 Å². The minimum absolute atomic E-state index is 0.194. The molecule has 0 aliphatic heterocycles. The summed E-state index contributed by atoms with van der Waals surface area (Å²) in [4.78, 5) is 0. The van der Waals surface area contributed by atoms with Crippen LogP contribution in [0.25, 0.3) is 0 Å². The molecule has 0 amide bonds. The van der Waals surface area contributed by atoms with Crippen molar-refractivity contribution in [2.75, 3.05) is 0 Å². The van der Waals surface area contributed by atoms with Crippen molar-refractivity contribution < 1.29 is 10.3 Å². The molecule has 1 aromatic rings. The molecule has 3 nitrogen and oxygen atoms in total. The van der Waals surface area contributed by atoms with E-state index in [2.05, 4.69) is 11.7 Å². The van der Waals surface area contributed by atoms with Crippen LogP contribution in [0.2, 0.25) is 0 Å². The van der Waals surface area contributed by atoms with Gasteiger partial charge in [0.05, 0.1) is 5.71 Å². The van der Waals surface area contributed by atoms with Crippen molar-refractivity contribution in [3.63, 3.8) is 0 Å². The maximum absolute atomic E-state index is 9.02. The third-order valence-electron chi connectivity index (χ3n) is 1.66. The van der Waals surface area contributed by atoms with E-state index in [1.165, 1.54) is 0 Å². The molecule has 0 saturated heterocycles. The first kappa shape index (κ1) is 9.32. The third-order valence-corrected chi connectivity index (χ3v) is 1.66. The summed E-state index contributed by atoms with van der Waals surface area (Å²) in [6.45, 7) is 3.55. The van der Waals surface area contributed by atoms with Gasteiger partial charge in [0.2, 0.25) is 0 Å². The number of hydrogen-bond acceptors (Lipinski definition) is 3. The minimum atomic E-state index is 0.194. The van der Waals surface area contributed by atoms with Crippen LogP contribution in [-0.2, 0) is 0 Å². The Morgan fingerprint density at radius 2 is 2.00 bits per heavy atom. The highest BCUT2D eigenvalue weighted by molar-refractivity contribution is 6.01. The minimum Gasteiger partial charge on any atom is -0.508 e. The first-order valence-electron chi connectivity index (χ1n) is 3.89. The Bertz CT molecular complexity index is 314. The maximum atomic E-state index is 9.02. The second kappa shape index (κ2) is 4.30. The van der Waals surface area contributed by atoms with Crippen molar-refractivity contribution in [1.82, 2.24) is 0 Å². The van der Waals surface area contributed by atoms with E-state index < -0.39 is 0 Å². The lowest BCUT2D eigenvalue weighted by molar-refractivity contribution is 0.318. The topological polar surface area (TPSA) is 52.8 Å². The Morgan fingerprint density at radius 3 is 2.46 bits per heavy atom. The second-order valence-corrected chi connectivity index (χ2v) is 2.59. The smallest absolute Gasteiger partial charge is 0.115 e. The molecule has 0 radical (unpaired) electrons. The maximum Gasteiger partial charge on any atom is 0.115 e. The number of benzene rings is 1. The van der Waals surface area contributed by atoms with E-state index in [0.717, 1.165) is 5.56 Å². The molecule has 0 aliphatic carbocycles. The van der Waals surface area contributed by atoms with Crippen molar-refractivity contribution in [2.24, 2.45) is 5.16 Å². The van der Waals surface area contributed by atoms with Crippen molar-refractivity contribution in [2.45, 2.75) is 6.42 Å². The zero-order valence-corrected chi connectivity index (χ0v) is 7.14. The summed E-state index contributed by atoms with van der Waals surface area (Å²) >= 11 is 0. The lowest BCUT2D eigenvalue weighted by Gasteiger charge is -2.00. The fourth-order valence-corrected chi connectivity index (χ4v) is 1.01. The first-order valence-corrected chi connectivity index (χ1v) is 3.89. The van der Waals surface area contributed by atoms with Gasteiger partial charge in [-0.15, -0.1) is 6.58 Å². The Hall–Kier alpha value is -1.77. The van der Waals surface area contributed by atoms with Gasteiger partial charge in [0.15, 0.2) is 0 Å². The summed E-state index contributed by atoms with van der Waals surface area (Å²) < 4.78 is 0. The number of allylic oxidation sites excluding steroid dienone is 1. The highest BCUT2D eigenvalue weighted by Crippen LogP contribution is 2.11. The molecule has 0 atom stereocenters. The lowest BCUT2D eigenvalue weighted by Crippen LogP contribution is -1.98. The average molecular weight is 177 g/mol. The van der Waals surface area contributed by atoms with Crippen molar-refractivity contribution >= 4 is 5.71 Å². The van der Waals surface area contributed by atoms with Gasteiger partial charge in [0.25, 0.3) is 0 Å². The number of oxime groups is 1. The summed E-state index contributed by atoms with van der Waals surface area (Å²) in [5.74, 6) is 0.194. The fraction of sp³-hybridized carbons (Fsp3) is 0.100. The monoisotopic (exact) mass is 177 g/mol. The fourth-order valence-electron chi connectivity index (χ4n) is 1.01. The summed E-state index contributed by atoms with van der Waals surface area (Å²) in [7, 11) is 0. The van der Waals surface area contributed by atoms with E-state index in [1.807, 2.05) is 0 Å². The molecule has 68 valence electrons. The number of rotatable bonds is 3. The van der Waals surface area contributed by atoms with Crippen LogP contribution in [0.15, 0.2) is 42.1 Å². The number of aromatic hydroxyl groups is 1. The molecule has 0 bridgehead atoms. The van der Waals surface area contributed by atoms with Gasteiger partial charge in [0, 0.05) is 6.42 Å². The van der Waals surface area contributed by atoms with Gasteiger partial charge in [-0.2, -0.15) is 0 Å². The molecule has 1 aromatic carbocycles. The van der Waals surface area contributed by atoms with Gasteiger partial charge in [-0.25, -0.2) is 0 Å². The van der Waals surface area contributed by atoms with Crippen LogP contribution in [0.3, 0.4) is 0 Å². The van der Waals surface area contributed by atoms with Crippen molar-refractivity contribution in [1.29, 1.82) is 0 Å². The van der Waals surface area contributed by atoms with Gasteiger partial charge in [0.1, 0.15) is 5.75 Å². The van der Waals surface area contributed by atoms with Crippen LogP contribution in [-0.4, -0.2) is 16.0 Å². The van der Waals surface area contributed by atoms with Crippen LogP contribution >= 0.6 is 0 Å². The van der Waals surface area contributed by atoms with E-state index in [4.69, 9.17) is 10.3 Å². The second-order valence-electron chi connectivity index (χ2n) is 2.59. The molecule has 0 unspecified atom stereocenters. The lowest BCUT2D eigenvalue weighted by atomic mass is 10.1. The number of phenols is 1. The predicted molar refractivity (Wildman–Crippen MR) is 51.2 cm³/mol. The highest BCUT2D eigenvalue weighted by atomic mass is 16.4. The molecule has 2 N–H and O–H groups in total. The van der Waals surface area contributed by atoms with E-state index in [1.54, 1.807) is 30.3 Å². The zero-order valence-electron chi connectivity index (χ0n) is 7.14. The molecule has 0 aromatic heterocycles. The largest absolute Gasteiger partial charge is 0.508 e. The van der Waals surface area contributed by atoms with Crippen molar-refractivity contribution in [3.05, 3.63) is 42.5 Å². The molecular weight excluding hydrogens is 166 g/mol. The Labute approximate surface area is 76.6 Å². The number of phenolic OH excluding ortho intramolecular Hbond substituents is 1. The zero-order chi connectivity index (χ0) is 9.68. The molecule has 0 heterocycles. The summed E-state index contributed by atoms with van der Waals surface area (Å²) in [5, 5.41) is 20.8. The SMILES string of the molecule is C=CC/C(=N\O)c1ccc(O)cc1. The molecule has 13 heavy (non-hydrogen) atoms. The number of nitrogens with zero attached hydrogens (tertiary/aromatic N) is 1. The first-order chi connectivity index (χ1) is 6.27. The van der Waals surface area contributed by atoms with E-state index in [-0.39, 0.29) is 5.75 Å². The van der Waals surface area contributed by atoms with Crippen LogP contribution in [0.4, 0.5) is 0 Å². The Morgan fingerprint density at radius 1 is 1.38 bits per heavy atom. The molecule has 0 fully saturated rings. The molecule has 0 aliphatic rings. The molecule has 0 spiro atoms. The van der Waals surface area contributed by atoms with E-state index >= 15 is 0 Å². The average Bonchev–Trinajstić information content (AvgIpc) is 2.16. The van der Waals surface area contributed by atoms with Crippen LogP contribution in [0.1, 0.15) is 12.0 Å². The summed E-state index contributed by atoms with van der Waals surface area (Å²) in [5.41, 5.74) is 1.32. The Kier molecular flexibility index (Phi) is 3.09. The van der Waals surface area contributed by atoms with Gasteiger partial charge >= 0.3 is 0 Å². The quantitative estimate of drug-likeness (QED) is 0.321. The molecule has 0 saturated carbocycles. The highest BCUT2D eigenvalue weighted by Gasteiger charge is 2.01. The van der Waals surface area contributed by atoms with Crippen molar-refractivity contribution in [3.8, 4) is 5.75 Å². The number of hydrogen-bond donors (Lipinski definition) is 2. The van der Waals surface area contributed by atoms with Gasteiger partial charge < -0.3 is 10.3 Å². The molecule has 3 heteroatoms. The van der Waals surface area contributed by atoms with Gasteiger partial charge in [-0.3, -0.25) is 0 Å².